The minimum atomic E-state index is -3.88. The van der Waals surface area contributed by atoms with E-state index in [0.717, 1.165) is 10.4 Å². The highest BCUT2D eigenvalue weighted by Crippen LogP contribution is 2.30. The Morgan fingerprint density at radius 2 is 2.16 bits per heavy atom. The summed E-state index contributed by atoms with van der Waals surface area (Å²) < 4.78 is 33.6. The molecule has 4 heterocycles. The fourth-order valence-corrected chi connectivity index (χ4v) is 6.07. The van der Waals surface area contributed by atoms with Crippen molar-refractivity contribution in [2.24, 2.45) is 5.92 Å². The maximum atomic E-state index is 13.5. The Hall–Kier alpha value is -2.82. The molecule has 4 rings (SSSR count). The van der Waals surface area contributed by atoms with Crippen LogP contribution in [0.5, 0.6) is 0 Å². The van der Waals surface area contributed by atoms with Gasteiger partial charge in [0.15, 0.2) is 10.7 Å². The van der Waals surface area contributed by atoms with Crippen molar-refractivity contribution in [3.63, 3.8) is 0 Å². The van der Waals surface area contributed by atoms with Crippen LogP contribution in [0.3, 0.4) is 0 Å². The molecule has 1 saturated heterocycles. The number of anilines is 1. The highest BCUT2D eigenvalue weighted by atomic mass is 32.2. The summed E-state index contributed by atoms with van der Waals surface area (Å²) in [5.74, 6) is -0.0498. The lowest BCUT2D eigenvalue weighted by atomic mass is 9.99. The van der Waals surface area contributed by atoms with Gasteiger partial charge in [0.25, 0.3) is 0 Å². The second kappa shape index (κ2) is 9.35. The number of thiophene rings is 1. The number of amides is 1. The van der Waals surface area contributed by atoms with E-state index in [0.29, 0.717) is 30.9 Å². The van der Waals surface area contributed by atoms with Crippen LogP contribution >= 0.6 is 11.3 Å². The van der Waals surface area contributed by atoms with Gasteiger partial charge in [0.05, 0.1) is 5.92 Å². The van der Waals surface area contributed by atoms with E-state index < -0.39 is 15.9 Å². The second-order valence-corrected chi connectivity index (χ2v) is 10.6. The van der Waals surface area contributed by atoms with Crippen LogP contribution in [-0.2, 0) is 14.8 Å². The molecule has 1 N–H and O–H groups in total. The predicted molar refractivity (Wildman–Crippen MR) is 124 cm³/mol. The topological polar surface area (TPSA) is 105 Å². The molecule has 1 atom stereocenters. The first-order valence-corrected chi connectivity index (χ1v) is 12.6. The zero-order valence-corrected chi connectivity index (χ0v) is 19.4. The number of pyridine rings is 1. The lowest BCUT2D eigenvalue weighted by Crippen LogP contribution is -2.44. The average Bonchev–Trinajstić information content (AvgIpc) is 3.42. The molecule has 8 nitrogen and oxygen atoms in total. The molecule has 1 aliphatic heterocycles. The van der Waals surface area contributed by atoms with E-state index in [1.807, 2.05) is 30.5 Å². The number of rotatable bonds is 6. The summed E-state index contributed by atoms with van der Waals surface area (Å²) in [5, 5.41) is 8.62. The number of aromatic nitrogens is 2. The van der Waals surface area contributed by atoms with Crippen molar-refractivity contribution in [1.82, 2.24) is 14.4 Å². The Balaban J connectivity index is 1.53. The summed E-state index contributed by atoms with van der Waals surface area (Å²) >= 11 is 1.54. The Bertz CT molecular complexity index is 1230. The third-order valence-electron chi connectivity index (χ3n) is 5.29. The summed E-state index contributed by atoms with van der Waals surface area (Å²) in [6, 6.07) is 7.46. The van der Waals surface area contributed by atoms with Gasteiger partial charge in [0.1, 0.15) is 11.5 Å². The molecule has 0 spiro atoms. The zero-order valence-electron chi connectivity index (χ0n) is 17.8. The number of hydrogen-bond acceptors (Lipinski definition) is 7. The van der Waals surface area contributed by atoms with Gasteiger partial charge in [-0.25, -0.2) is 13.4 Å². The second-order valence-electron chi connectivity index (χ2n) is 7.72. The molecular formula is C22H24N4O4S2. The number of carbonyl (C=O) groups is 1. The Labute approximate surface area is 191 Å². The minimum absolute atomic E-state index is 0.0479. The van der Waals surface area contributed by atoms with Crippen LogP contribution in [0.15, 0.2) is 45.3 Å². The van der Waals surface area contributed by atoms with E-state index in [9.17, 15) is 13.2 Å². The van der Waals surface area contributed by atoms with Crippen molar-refractivity contribution in [2.45, 2.75) is 31.6 Å². The normalized spacial score (nSPS) is 17.6. The van der Waals surface area contributed by atoms with Gasteiger partial charge in [0.2, 0.25) is 15.9 Å². The van der Waals surface area contributed by atoms with E-state index in [4.69, 9.17) is 4.52 Å². The number of carbonyl (C=O) groups excluding carboxylic acids is 1. The van der Waals surface area contributed by atoms with Gasteiger partial charge in [-0.15, -0.1) is 11.3 Å². The van der Waals surface area contributed by atoms with Crippen LogP contribution in [0.2, 0.25) is 0 Å². The molecule has 1 fully saturated rings. The van der Waals surface area contributed by atoms with Gasteiger partial charge < -0.3 is 9.84 Å². The monoisotopic (exact) mass is 472 g/mol. The van der Waals surface area contributed by atoms with Gasteiger partial charge in [0, 0.05) is 24.2 Å². The third-order valence-corrected chi connectivity index (χ3v) is 8.16. The van der Waals surface area contributed by atoms with E-state index in [1.165, 1.54) is 15.6 Å². The van der Waals surface area contributed by atoms with Gasteiger partial charge in [-0.1, -0.05) is 11.2 Å². The summed E-state index contributed by atoms with van der Waals surface area (Å²) in [5.41, 5.74) is 1.28. The Morgan fingerprint density at radius 1 is 1.31 bits per heavy atom. The van der Waals surface area contributed by atoms with Crippen LogP contribution < -0.4 is 5.32 Å². The first-order valence-electron chi connectivity index (χ1n) is 10.3. The zero-order chi connectivity index (χ0) is 22.7. The molecule has 1 unspecified atom stereocenters. The van der Waals surface area contributed by atoms with Gasteiger partial charge in [-0.2, -0.15) is 4.31 Å². The van der Waals surface area contributed by atoms with Gasteiger partial charge in [-0.05, 0) is 68.0 Å². The largest absolute Gasteiger partial charge is 0.355 e. The van der Waals surface area contributed by atoms with Crippen molar-refractivity contribution in [3.8, 4) is 0 Å². The van der Waals surface area contributed by atoms with Crippen LogP contribution in [0.25, 0.3) is 12.2 Å². The molecule has 3 aromatic rings. The van der Waals surface area contributed by atoms with Crippen molar-refractivity contribution in [2.75, 3.05) is 18.4 Å². The molecule has 10 heteroatoms. The van der Waals surface area contributed by atoms with Crippen LogP contribution in [0.1, 0.15) is 34.7 Å². The molecule has 3 aromatic heterocycles. The summed E-state index contributed by atoms with van der Waals surface area (Å²) in [6.07, 6.45) is 6.24. The molecule has 0 aliphatic carbocycles. The van der Waals surface area contributed by atoms with Crippen LogP contribution in [0.4, 0.5) is 5.82 Å². The van der Waals surface area contributed by atoms with E-state index in [2.05, 4.69) is 15.5 Å². The molecule has 0 saturated carbocycles. The van der Waals surface area contributed by atoms with E-state index in [-0.39, 0.29) is 23.1 Å². The smallest absolute Gasteiger partial charge is 0.248 e. The summed E-state index contributed by atoms with van der Waals surface area (Å²) in [4.78, 5) is 18.0. The number of nitrogens with one attached hydrogen (secondary N) is 1. The molecule has 1 amide bonds. The fourth-order valence-electron chi connectivity index (χ4n) is 3.68. The lowest BCUT2D eigenvalue weighted by Gasteiger charge is -2.31. The van der Waals surface area contributed by atoms with Crippen molar-refractivity contribution < 1.29 is 17.7 Å². The van der Waals surface area contributed by atoms with E-state index >= 15 is 0 Å². The van der Waals surface area contributed by atoms with Gasteiger partial charge in [-0.3, -0.25) is 4.79 Å². The highest BCUT2D eigenvalue weighted by Gasteiger charge is 2.37. The maximum absolute atomic E-state index is 13.5. The van der Waals surface area contributed by atoms with Crippen LogP contribution in [0, 0.1) is 19.8 Å². The van der Waals surface area contributed by atoms with Crippen molar-refractivity contribution >= 4 is 45.2 Å². The fraction of sp³-hybridized carbons (Fsp3) is 0.318. The third kappa shape index (κ3) is 4.82. The molecule has 168 valence electrons. The molecule has 0 radical (unpaired) electrons. The minimum Gasteiger partial charge on any atom is -0.355 e. The van der Waals surface area contributed by atoms with Crippen molar-refractivity contribution in [3.05, 3.63) is 57.7 Å². The average molecular weight is 473 g/mol. The van der Waals surface area contributed by atoms with Gasteiger partial charge >= 0.3 is 0 Å². The number of sulfonamides is 1. The molecule has 0 aromatic carbocycles. The maximum Gasteiger partial charge on any atom is 0.248 e. The number of nitrogens with zero attached hydrogens (tertiary/aromatic N) is 3. The number of piperidine rings is 1. The standard InChI is InChI=1S/C22H24N4O4S2/c1-15-9-10-23-20(13-15)24-22(27)17-5-3-11-26(14-17)32(28,29)21-16(2)25-30-19(21)8-7-18-6-4-12-31-18/h4,6-10,12-13,17H,3,5,11,14H2,1-2H3,(H,23,24,27)/b8-7+. The van der Waals surface area contributed by atoms with Crippen LogP contribution in [-0.4, -0.2) is 41.9 Å². The summed E-state index contributed by atoms with van der Waals surface area (Å²) in [7, 11) is -3.88. The number of hydrogen-bond donors (Lipinski definition) is 1. The SMILES string of the molecule is Cc1ccnc(NC(=O)C2CCCN(S(=O)(=O)c3c(C)noc3/C=C/c3cccs3)C2)c1. The first-order chi connectivity index (χ1) is 15.3. The molecule has 1 aliphatic rings. The number of aryl methyl sites for hydroxylation is 2. The van der Waals surface area contributed by atoms with E-state index in [1.54, 1.807) is 31.3 Å². The molecule has 32 heavy (non-hydrogen) atoms. The van der Waals surface area contributed by atoms with Crippen molar-refractivity contribution in [1.29, 1.82) is 0 Å². The Kier molecular flexibility index (Phi) is 6.54. The first kappa shape index (κ1) is 22.4. The highest BCUT2D eigenvalue weighted by molar-refractivity contribution is 7.89. The quantitative estimate of drug-likeness (QED) is 0.582. The lowest BCUT2D eigenvalue weighted by molar-refractivity contribution is -0.120. The molecule has 0 bridgehead atoms. The molecular weight excluding hydrogens is 448 g/mol. The Morgan fingerprint density at radius 3 is 2.91 bits per heavy atom. The predicted octanol–water partition coefficient (Wildman–Crippen LogP) is 3.96. The summed E-state index contributed by atoms with van der Waals surface area (Å²) in [6.45, 7) is 3.96.